The van der Waals surface area contributed by atoms with E-state index in [1.165, 1.54) is 109 Å². The zero-order valence-electron chi connectivity index (χ0n) is 63.4. The molecule has 0 atom stereocenters. The van der Waals surface area contributed by atoms with Gasteiger partial charge in [-0.25, -0.2) is 158 Å². The van der Waals surface area contributed by atoms with E-state index in [9.17, 15) is 0 Å². The van der Waals surface area contributed by atoms with E-state index in [4.69, 9.17) is 0 Å². The fourth-order valence-corrected chi connectivity index (χ4v) is 25.4. The maximum absolute atomic E-state index is 19.4. The number of hydrogen-bond donors (Lipinski definition) is 1. The van der Waals surface area contributed by atoms with Crippen LogP contribution in [0.1, 0.15) is 104 Å². The van der Waals surface area contributed by atoms with Crippen LogP contribution in [0.2, 0.25) is 0 Å². The van der Waals surface area contributed by atoms with Gasteiger partial charge in [-0.1, -0.05) is 96.3 Å². The molecule has 0 aliphatic carbocycles. The molecule has 1 N–H and O–H groups in total. The van der Waals surface area contributed by atoms with Gasteiger partial charge in [0.1, 0.15) is 29.0 Å². The first-order chi connectivity index (χ1) is 59.7. The van der Waals surface area contributed by atoms with Crippen molar-refractivity contribution in [1.29, 1.82) is 0 Å². The highest BCUT2D eigenvalue weighted by Crippen LogP contribution is 2.54. The maximum Gasteiger partial charge on any atom is 0.286 e. The lowest BCUT2D eigenvalue weighted by molar-refractivity contribution is -0.833. The molecule has 0 bridgehead atoms. The molecule has 0 fully saturated rings. The molecule has 0 aromatic heterocycles. The first-order valence-corrected chi connectivity index (χ1v) is 40.5. The quantitative estimate of drug-likeness (QED) is 0.0240. The number of hydrogen-bond acceptors (Lipinski definition) is 0. The van der Waals surface area contributed by atoms with Crippen molar-refractivity contribution in [3.63, 3.8) is 0 Å². The third-order valence-corrected chi connectivity index (χ3v) is 29.7. The minimum Gasteiger partial charge on any atom is -0.302 e. The highest BCUT2D eigenvalue weighted by Gasteiger charge is 2.56. The Morgan fingerprint density at radius 3 is 0.484 bits per heavy atom. The van der Waals surface area contributed by atoms with Crippen molar-refractivity contribution in [3.05, 3.63) is 240 Å². The fourth-order valence-electron chi connectivity index (χ4n) is 18.8. The van der Waals surface area contributed by atoms with Crippen LogP contribution in [0.4, 0.5) is 164 Å². The number of para-hydroxylation sites is 1. The number of rotatable bonds is 21. The Hall–Kier alpha value is -11.1. The molecule has 0 saturated carbocycles. The molecule has 0 radical (unpaired) electrons. The van der Waals surface area contributed by atoms with Gasteiger partial charge in [0.15, 0.2) is 186 Å². The molecule has 17 aromatic carbocycles. The monoisotopic (exact) mass is 1830 g/mol. The maximum atomic E-state index is 19.4. The lowest BCUT2D eigenvalue weighted by Gasteiger charge is -2.45. The molecular formula is C88H44AlF36N. The summed E-state index contributed by atoms with van der Waals surface area (Å²) in [4.78, 5) is 1.71. The number of quaternary nitrogens is 1. The Morgan fingerprint density at radius 1 is 0.159 bits per heavy atom. The highest BCUT2D eigenvalue weighted by atomic mass is 27.2. The van der Waals surface area contributed by atoms with Crippen LogP contribution in [0.15, 0.2) is 30.3 Å². The van der Waals surface area contributed by atoms with Gasteiger partial charge in [0, 0.05) is 43.1 Å². The molecular weight excluding hydrogens is 1780 g/mol. The Labute approximate surface area is 682 Å². The van der Waals surface area contributed by atoms with E-state index < -0.39 is 369 Å². The molecule has 0 spiro atoms. The molecule has 0 heterocycles. The van der Waals surface area contributed by atoms with Crippen LogP contribution < -0.4 is 22.6 Å². The summed E-state index contributed by atoms with van der Waals surface area (Å²) < 4.78 is 606. The van der Waals surface area contributed by atoms with E-state index in [2.05, 4.69) is 44.2 Å². The van der Waals surface area contributed by atoms with Crippen molar-refractivity contribution < 1.29 is 163 Å². The van der Waals surface area contributed by atoms with E-state index in [1.54, 1.807) is 4.90 Å². The van der Waals surface area contributed by atoms with Crippen molar-refractivity contribution in [3.8, 4) is 0 Å². The Morgan fingerprint density at radius 2 is 0.302 bits per heavy atom. The average molecular weight is 1830 g/mol. The van der Waals surface area contributed by atoms with Gasteiger partial charge in [0.2, 0.25) is 0 Å². The van der Waals surface area contributed by atoms with Crippen molar-refractivity contribution in [2.24, 2.45) is 0 Å². The van der Waals surface area contributed by atoms with Gasteiger partial charge in [-0.3, -0.25) is 0 Å². The van der Waals surface area contributed by atoms with E-state index in [0.29, 0.717) is 0 Å². The first-order valence-electron chi connectivity index (χ1n) is 38.2. The number of nitrogens with one attached hydrogen (secondary N) is 1. The van der Waals surface area contributed by atoms with Crippen LogP contribution in [-0.2, 0) is 0 Å². The third kappa shape index (κ3) is 11.7. The third-order valence-electron chi connectivity index (χ3n) is 24.1. The van der Waals surface area contributed by atoms with Crippen LogP contribution in [-0.4, -0.2) is 26.2 Å². The van der Waals surface area contributed by atoms with Crippen LogP contribution in [0.3, 0.4) is 0 Å². The van der Waals surface area contributed by atoms with Crippen molar-refractivity contribution >= 4 is 166 Å². The van der Waals surface area contributed by atoms with Gasteiger partial charge in [-0.15, -0.1) is 0 Å². The second kappa shape index (κ2) is 31.7. The Kier molecular flexibility index (Phi) is 22.2. The standard InChI is InChI=1S/C24H43N.4C16F9.Al/c1-3-5-7-9-11-13-18-22-25(24-20-16-15-17-21-24)23-19-14-12-10-8-6-4-2;4*17-3-1-2-4-5-7(11(20)9(2)18)14(23)16(25)15(24)8(5)13(22)12(21)6(4)10(3)19;/h15-17,20-21H,3-14,18-19,22-23H2,1-2H3;;;;;/q;;;;;-1/p+1. The van der Waals surface area contributed by atoms with Gasteiger partial charge >= 0.3 is 0 Å². The van der Waals surface area contributed by atoms with Crippen LogP contribution >= 0.6 is 0 Å². The van der Waals surface area contributed by atoms with E-state index in [1.807, 2.05) is 0 Å². The van der Waals surface area contributed by atoms with Crippen molar-refractivity contribution in [2.75, 3.05) is 13.1 Å². The molecule has 1 nitrogen and oxygen atoms in total. The summed E-state index contributed by atoms with van der Waals surface area (Å²) >= 11 is -10.9. The summed E-state index contributed by atoms with van der Waals surface area (Å²) in [7, 11) is 0. The normalized spacial score (nSPS) is 12.6. The molecule has 17 aromatic rings. The summed E-state index contributed by atoms with van der Waals surface area (Å²) in [5.74, 6) is -129. The Balaban J connectivity index is 0.000000405. The van der Waals surface area contributed by atoms with Crippen molar-refractivity contribution in [1.82, 2.24) is 0 Å². The van der Waals surface area contributed by atoms with E-state index in [-0.39, 0.29) is 0 Å². The molecule has 0 aliphatic rings. The molecule has 126 heavy (non-hydrogen) atoms. The van der Waals surface area contributed by atoms with Gasteiger partial charge in [0.25, 0.3) is 13.1 Å². The van der Waals surface area contributed by atoms with E-state index >= 15 is 158 Å². The first kappa shape index (κ1) is 88.3. The second-order valence-corrected chi connectivity index (χ2v) is 34.6. The minimum atomic E-state index is -10.9. The summed E-state index contributed by atoms with van der Waals surface area (Å²) in [5, 5.41) is -70.8. The van der Waals surface area contributed by atoms with Crippen molar-refractivity contribution in [2.45, 2.75) is 104 Å². The predicted octanol–water partition coefficient (Wildman–Crippen LogP) is 26.4. The van der Waals surface area contributed by atoms with Crippen LogP contribution in [0.5, 0.6) is 0 Å². The van der Waals surface area contributed by atoms with E-state index in [0.717, 1.165) is 0 Å². The highest BCUT2D eigenvalue weighted by molar-refractivity contribution is 7.23. The molecule has 38 heteroatoms. The fraction of sp³-hybridized carbons (Fsp3) is 0.205. The van der Waals surface area contributed by atoms with Gasteiger partial charge in [-0.2, -0.15) is 17.7 Å². The van der Waals surface area contributed by atoms with Crippen LogP contribution in [0.25, 0.3) is 129 Å². The zero-order chi connectivity index (χ0) is 91.5. The van der Waals surface area contributed by atoms with Gasteiger partial charge < -0.3 is 4.90 Å². The molecule has 0 aliphatic heterocycles. The molecule has 0 unspecified atom stereocenters. The number of unbranched alkanes of at least 4 members (excludes halogenated alkanes) is 12. The second-order valence-electron chi connectivity index (χ2n) is 30.5. The average Bonchev–Trinajstić information content (AvgIpc) is 0.646. The molecule has 0 saturated heterocycles. The summed E-state index contributed by atoms with van der Waals surface area (Å²) in [6.45, 7) is 7.22. The lowest BCUT2D eigenvalue weighted by atomic mass is 9.90. The zero-order valence-corrected chi connectivity index (χ0v) is 64.5. The molecule has 17 rings (SSSR count). The smallest absolute Gasteiger partial charge is 0.286 e. The largest absolute Gasteiger partial charge is 0.302 e. The number of halogens is 36. The topological polar surface area (TPSA) is 4.44 Å². The predicted molar refractivity (Wildman–Crippen MR) is 396 cm³/mol. The summed E-state index contributed by atoms with van der Waals surface area (Å²) in [5.41, 5.74) is 1.50. The lowest BCUT2D eigenvalue weighted by Crippen LogP contribution is -3.07. The van der Waals surface area contributed by atoms with Crippen LogP contribution in [0, 0.1) is 209 Å². The van der Waals surface area contributed by atoms with Gasteiger partial charge in [-0.05, 0) is 59.4 Å². The summed E-state index contributed by atoms with van der Waals surface area (Å²) in [6, 6.07) is 11.2. The van der Waals surface area contributed by atoms with Gasteiger partial charge in [0.05, 0.1) is 77.7 Å². The summed E-state index contributed by atoms with van der Waals surface area (Å²) in [6.07, 6.45) is 19.7. The minimum absolute atomic E-state index is 1.31. The molecule has 656 valence electrons. The SMILES string of the molecule is CCCCCCCCC[NH+](CCCCCCCCC)c1ccccc1.Fc1c(F)c2c(F)c(F)c3c(F)c(F)[c]([Al-]([c]4c(F)c(F)c5c(F)c(F)c6c(F)c(F)c(F)c7c(F)c(F)c4c5c67)([c]4c(F)c(F)c5c(F)c(F)c6c(F)c(F)c(F)c7c(F)c(F)c4c5c67)[c]4c(F)c(F)c5c(F)c(F)c6c(F)c(F)c(F)c7c(F)c(F)c4c5c67)c4c(F)c(F)c(c1F)c2c34. The Bertz CT molecular complexity index is 6650. The molecule has 0 amide bonds. The number of benzene rings is 17.